The maximum absolute atomic E-state index is 12.9. The highest BCUT2D eigenvalue weighted by Gasteiger charge is 2.25. The van der Waals surface area contributed by atoms with Gasteiger partial charge in [0.1, 0.15) is 5.75 Å². The number of nitrogens with zero attached hydrogens (tertiary/aromatic N) is 3. The van der Waals surface area contributed by atoms with Crippen LogP contribution < -0.4 is 4.74 Å². The average molecular weight is 409 g/mol. The highest BCUT2D eigenvalue weighted by molar-refractivity contribution is 5.81. The second-order valence-electron chi connectivity index (χ2n) is 7.81. The second kappa shape index (κ2) is 8.19. The summed E-state index contributed by atoms with van der Waals surface area (Å²) in [5.74, 6) is 0.676. The Morgan fingerprint density at radius 2 is 1.65 bits per heavy atom. The van der Waals surface area contributed by atoms with E-state index in [1.807, 2.05) is 66.4 Å². The maximum Gasteiger partial charge on any atom is 0.263 e. The molecule has 1 aliphatic heterocycles. The van der Waals surface area contributed by atoms with Gasteiger partial charge in [0, 0.05) is 18.7 Å². The summed E-state index contributed by atoms with van der Waals surface area (Å²) in [6.07, 6.45) is 2.12. The number of fused-ring (bicyclic) bond motifs is 2. The van der Waals surface area contributed by atoms with Crippen LogP contribution in [0.1, 0.15) is 18.1 Å². The molecule has 31 heavy (non-hydrogen) atoms. The highest BCUT2D eigenvalue weighted by atomic mass is 16.5. The van der Waals surface area contributed by atoms with Crippen LogP contribution in [0, 0.1) is 0 Å². The van der Waals surface area contributed by atoms with Crippen LogP contribution in [0.5, 0.6) is 5.75 Å². The van der Waals surface area contributed by atoms with Crippen LogP contribution in [0.4, 0.5) is 0 Å². The molecule has 1 aromatic heterocycles. The monoisotopic (exact) mass is 409 g/mol. The van der Waals surface area contributed by atoms with Gasteiger partial charge in [0.15, 0.2) is 6.10 Å². The van der Waals surface area contributed by atoms with Crippen molar-refractivity contribution in [3.8, 4) is 17.0 Å². The molecule has 0 spiro atoms. The molecule has 5 nitrogen and oxygen atoms in total. The van der Waals surface area contributed by atoms with Crippen molar-refractivity contribution in [3.05, 3.63) is 90.1 Å². The summed E-state index contributed by atoms with van der Waals surface area (Å²) in [5, 5.41) is 0. The first-order valence-corrected chi connectivity index (χ1v) is 10.5. The Labute approximate surface area is 181 Å². The molecular weight excluding hydrogens is 386 g/mol. The fourth-order valence-electron chi connectivity index (χ4n) is 4.00. The predicted molar refractivity (Wildman–Crippen MR) is 121 cm³/mol. The van der Waals surface area contributed by atoms with Crippen molar-refractivity contribution in [2.45, 2.75) is 26.0 Å². The fraction of sp³-hybridized carbons (Fsp3) is 0.192. The predicted octanol–water partition coefficient (Wildman–Crippen LogP) is 4.65. The number of hydrogen-bond acceptors (Lipinski definition) is 4. The van der Waals surface area contributed by atoms with Gasteiger partial charge in [-0.1, -0.05) is 36.4 Å². The summed E-state index contributed by atoms with van der Waals surface area (Å²) in [6.45, 7) is 3.18. The smallest absolute Gasteiger partial charge is 0.263 e. The van der Waals surface area contributed by atoms with Gasteiger partial charge in [0.25, 0.3) is 5.91 Å². The van der Waals surface area contributed by atoms with Gasteiger partial charge in [-0.25, -0.2) is 4.98 Å². The van der Waals surface area contributed by atoms with Crippen molar-refractivity contribution < 1.29 is 9.53 Å². The third kappa shape index (κ3) is 3.99. The topological polar surface area (TPSA) is 55.3 Å². The number of benzene rings is 3. The zero-order valence-corrected chi connectivity index (χ0v) is 17.4. The van der Waals surface area contributed by atoms with Crippen LogP contribution in [-0.2, 0) is 17.8 Å². The second-order valence-corrected chi connectivity index (χ2v) is 7.81. The van der Waals surface area contributed by atoms with E-state index >= 15 is 0 Å². The molecular formula is C26H23N3O2. The lowest BCUT2D eigenvalue weighted by atomic mass is 9.99. The Kier molecular flexibility index (Phi) is 5.08. The standard InChI is InChI=1S/C26H23N3O2/c1-18(26(30)29-15-14-19-6-2-3-7-21(19)17-29)31-22-12-10-20(11-13-22)25-16-27-23-8-4-5-9-24(23)28-25/h2-13,16,18H,14-15,17H2,1H3/t18-/m1/s1. The highest BCUT2D eigenvalue weighted by Crippen LogP contribution is 2.24. The first-order valence-electron chi connectivity index (χ1n) is 10.5. The summed E-state index contributed by atoms with van der Waals surface area (Å²) in [5.41, 5.74) is 6.04. The molecule has 4 aromatic rings. The van der Waals surface area contributed by atoms with E-state index in [1.165, 1.54) is 11.1 Å². The minimum atomic E-state index is -0.545. The first kappa shape index (κ1) is 19.2. The van der Waals surface area contributed by atoms with E-state index in [1.54, 1.807) is 6.20 Å². The van der Waals surface area contributed by atoms with Gasteiger partial charge >= 0.3 is 0 Å². The van der Waals surface area contributed by atoms with Gasteiger partial charge in [-0.15, -0.1) is 0 Å². The number of ether oxygens (including phenoxy) is 1. The van der Waals surface area contributed by atoms with Crippen LogP contribution in [0.2, 0.25) is 0 Å². The Balaban J connectivity index is 1.26. The zero-order valence-electron chi connectivity index (χ0n) is 17.4. The summed E-state index contributed by atoms with van der Waals surface area (Å²) < 4.78 is 5.95. The van der Waals surface area contributed by atoms with Crippen LogP contribution in [-0.4, -0.2) is 33.4 Å². The van der Waals surface area contributed by atoms with Crippen molar-refractivity contribution in [1.82, 2.24) is 14.9 Å². The third-order valence-electron chi connectivity index (χ3n) is 5.70. The Morgan fingerprint density at radius 1 is 0.935 bits per heavy atom. The minimum Gasteiger partial charge on any atom is -0.481 e. The van der Waals surface area contributed by atoms with Crippen molar-refractivity contribution in [2.75, 3.05) is 6.54 Å². The lowest BCUT2D eigenvalue weighted by Gasteiger charge is -2.31. The minimum absolute atomic E-state index is 0.0129. The number of rotatable bonds is 4. The van der Waals surface area contributed by atoms with E-state index in [4.69, 9.17) is 4.74 Å². The third-order valence-corrected chi connectivity index (χ3v) is 5.70. The van der Waals surface area contributed by atoms with Crippen molar-refractivity contribution in [1.29, 1.82) is 0 Å². The average Bonchev–Trinajstić information content (AvgIpc) is 2.83. The number of amides is 1. The largest absolute Gasteiger partial charge is 0.481 e. The number of hydrogen-bond donors (Lipinski definition) is 0. The molecule has 0 aliphatic carbocycles. The van der Waals surface area contributed by atoms with E-state index < -0.39 is 6.10 Å². The molecule has 154 valence electrons. The van der Waals surface area contributed by atoms with Crippen LogP contribution >= 0.6 is 0 Å². The van der Waals surface area contributed by atoms with Crippen LogP contribution in [0.25, 0.3) is 22.3 Å². The van der Waals surface area contributed by atoms with E-state index in [2.05, 4.69) is 28.2 Å². The quantitative estimate of drug-likeness (QED) is 0.492. The van der Waals surface area contributed by atoms with Gasteiger partial charge < -0.3 is 9.64 Å². The van der Waals surface area contributed by atoms with Crippen molar-refractivity contribution in [2.24, 2.45) is 0 Å². The van der Waals surface area contributed by atoms with E-state index in [-0.39, 0.29) is 5.91 Å². The zero-order chi connectivity index (χ0) is 21.2. The van der Waals surface area contributed by atoms with E-state index in [9.17, 15) is 4.79 Å². The molecule has 1 amide bonds. The number of carbonyl (C=O) groups excluding carboxylic acids is 1. The summed E-state index contributed by atoms with van der Waals surface area (Å²) >= 11 is 0. The summed E-state index contributed by atoms with van der Waals surface area (Å²) in [4.78, 5) is 23.9. The van der Waals surface area contributed by atoms with Crippen molar-refractivity contribution in [3.63, 3.8) is 0 Å². The summed E-state index contributed by atoms with van der Waals surface area (Å²) in [7, 11) is 0. The van der Waals surface area contributed by atoms with Crippen molar-refractivity contribution >= 4 is 16.9 Å². The molecule has 0 saturated carbocycles. The molecule has 5 rings (SSSR count). The molecule has 1 atom stereocenters. The maximum atomic E-state index is 12.9. The van der Waals surface area contributed by atoms with E-state index in [0.29, 0.717) is 12.3 Å². The molecule has 5 heteroatoms. The Hall–Kier alpha value is -3.73. The molecule has 0 radical (unpaired) electrons. The lowest BCUT2D eigenvalue weighted by Crippen LogP contribution is -2.43. The molecule has 0 fully saturated rings. The normalized spacial score (nSPS) is 14.2. The fourth-order valence-corrected chi connectivity index (χ4v) is 4.00. The van der Waals surface area contributed by atoms with Gasteiger partial charge in [-0.05, 0) is 60.9 Å². The molecule has 1 aliphatic rings. The lowest BCUT2D eigenvalue weighted by molar-refractivity contribution is -0.138. The number of para-hydroxylation sites is 2. The number of carbonyl (C=O) groups is 1. The SMILES string of the molecule is C[C@@H](Oc1ccc(-c2cnc3ccccc3n2)cc1)C(=O)N1CCc2ccccc2C1. The molecule has 0 unspecified atom stereocenters. The summed E-state index contributed by atoms with van der Waals surface area (Å²) in [6, 6.07) is 23.8. The van der Waals surface area contributed by atoms with Gasteiger partial charge in [-0.2, -0.15) is 0 Å². The van der Waals surface area contributed by atoms with Gasteiger partial charge in [0.05, 0.1) is 22.9 Å². The molecule has 0 bridgehead atoms. The van der Waals surface area contributed by atoms with Gasteiger partial charge in [0.2, 0.25) is 0 Å². The first-order chi connectivity index (χ1) is 15.2. The van der Waals surface area contributed by atoms with Gasteiger partial charge in [-0.3, -0.25) is 9.78 Å². The Bertz CT molecular complexity index is 1240. The van der Waals surface area contributed by atoms with Crippen LogP contribution in [0.15, 0.2) is 79.0 Å². The molecule has 2 heterocycles. The van der Waals surface area contributed by atoms with Crippen LogP contribution in [0.3, 0.4) is 0 Å². The Morgan fingerprint density at radius 3 is 2.45 bits per heavy atom. The van der Waals surface area contributed by atoms with E-state index in [0.717, 1.165) is 35.3 Å². The molecule has 3 aromatic carbocycles. The molecule has 0 saturated heterocycles. The number of aromatic nitrogens is 2. The molecule has 0 N–H and O–H groups in total.